The Balaban J connectivity index is 2.64. The fraction of sp³-hybridized carbons (Fsp3) is 0.714. The third-order valence-electron chi connectivity index (χ3n) is 3.96. The minimum absolute atomic E-state index is 0.256. The number of hydrogen-bond donors (Lipinski definition) is 1. The first-order valence-corrected chi connectivity index (χ1v) is 5.85. The Morgan fingerprint density at radius 1 is 1.67 bits per heavy atom. The second-order valence-electron chi connectivity index (χ2n) is 5.55. The molecule has 1 nitrogen and oxygen atoms in total. The quantitative estimate of drug-likeness (QED) is 0.700. The van der Waals surface area contributed by atoms with Crippen molar-refractivity contribution in [3.63, 3.8) is 0 Å². The van der Waals surface area contributed by atoms with Crippen molar-refractivity contribution in [2.24, 2.45) is 17.3 Å². The highest BCUT2D eigenvalue weighted by Gasteiger charge is 2.36. The van der Waals surface area contributed by atoms with E-state index < -0.39 is 0 Å². The summed E-state index contributed by atoms with van der Waals surface area (Å²) in [5, 5.41) is 9.05. The lowest BCUT2D eigenvalue weighted by Crippen LogP contribution is -2.23. The number of hydrogen-bond acceptors (Lipinski definition) is 1. The standard InChI is InChI=1S/C14H24O/c1-10(9-15)8-11(2)13-7-6-12(3)14(13,4)5/h6,10,13,15H,2,7-9H2,1,3-5H3/t10?,13-/m1/s1. The summed E-state index contributed by atoms with van der Waals surface area (Å²) >= 11 is 0. The van der Waals surface area contributed by atoms with Gasteiger partial charge in [0.25, 0.3) is 0 Å². The molecule has 0 saturated carbocycles. The highest BCUT2D eigenvalue weighted by Crippen LogP contribution is 2.47. The number of rotatable bonds is 4. The van der Waals surface area contributed by atoms with Crippen LogP contribution in [0.3, 0.4) is 0 Å². The van der Waals surface area contributed by atoms with Crippen LogP contribution in [-0.4, -0.2) is 11.7 Å². The van der Waals surface area contributed by atoms with Gasteiger partial charge in [-0.05, 0) is 37.0 Å². The van der Waals surface area contributed by atoms with Crippen LogP contribution >= 0.6 is 0 Å². The largest absolute Gasteiger partial charge is 0.396 e. The molecule has 1 unspecified atom stereocenters. The Labute approximate surface area is 93.9 Å². The molecule has 1 aliphatic rings. The van der Waals surface area contributed by atoms with E-state index in [0.29, 0.717) is 11.8 Å². The fourth-order valence-corrected chi connectivity index (χ4v) is 2.46. The van der Waals surface area contributed by atoms with Gasteiger partial charge in [0, 0.05) is 6.61 Å². The van der Waals surface area contributed by atoms with Crippen molar-refractivity contribution in [1.29, 1.82) is 0 Å². The maximum absolute atomic E-state index is 9.05. The Morgan fingerprint density at radius 3 is 2.67 bits per heavy atom. The molecule has 0 radical (unpaired) electrons. The number of aliphatic hydroxyl groups excluding tert-OH is 1. The van der Waals surface area contributed by atoms with Gasteiger partial charge in [0.2, 0.25) is 0 Å². The lowest BCUT2D eigenvalue weighted by molar-refractivity contribution is 0.228. The molecule has 0 heterocycles. The lowest BCUT2D eigenvalue weighted by Gasteiger charge is -2.32. The van der Waals surface area contributed by atoms with Gasteiger partial charge in [-0.3, -0.25) is 0 Å². The second kappa shape index (κ2) is 4.52. The zero-order valence-corrected chi connectivity index (χ0v) is 10.5. The summed E-state index contributed by atoms with van der Waals surface area (Å²) < 4.78 is 0. The van der Waals surface area contributed by atoms with Crippen LogP contribution in [0, 0.1) is 17.3 Å². The van der Waals surface area contributed by atoms with Gasteiger partial charge in [0.1, 0.15) is 0 Å². The first-order chi connectivity index (χ1) is 6.89. The van der Waals surface area contributed by atoms with Gasteiger partial charge in [-0.25, -0.2) is 0 Å². The van der Waals surface area contributed by atoms with Crippen molar-refractivity contribution in [2.75, 3.05) is 6.61 Å². The minimum Gasteiger partial charge on any atom is -0.396 e. The molecule has 0 amide bonds. The molecule has 0 aromatic heterocycles. The van der Waals surface area contributed by atoms with Crippen LogP contribution in [0.15, 0.2) is 23.8 Å². The van der Waals surface area contributed by atoms with Crippen LogP contribution in [0.1, 0.15) is 40.5 Å². The van der Waals surface area contributed by atoms with Gasteiger partial charge < -0.3 is 5.11 Å². The molecular formula is C14H24O. The number of aliphatic hydroxyl groups is 1. The molecule has 2 atom stereocenters. The summed E-state index contributed by atoms with van der Waals surface area (Å²) in [6.45, 7) is 13.4. The third kappa shape index (κ3) is 2.52. The normalized spacial score (nSPS) is 26.2. The van der Waals surface area contributed by atoms with Gasteiger partial charge >= 0.3 is 0 Å². The van der Waals surface area contributed by atoms with Gasteiger partial charge in [-0.15, -0.1) is 0 Å². The van der Waals surface area contributed by atoms with Gasteiger partial charge in [0.05, 0.1) is 0 Å². The van der Waals surface area contributed by atoms with Crippen molar-refractivity contribution < 1.29 is 5.11 Å². The molecule has 0 aromatic carbocycles. The zero-order valence-electron chi connectivity index (χ0n) is 10.5. The molecule has 15 heavy (non-hydrogen) atoms. The van der Waals surface area contributed by atoms with Gasteiger partial charge in [-0.1, -0.05) is 44.6 Å². The molecule has 1 N–H and O–H groups in total. The Morgan fingerprint density at radius 2 is 2.27 bits per heavy atom. The molecule has 1 aliphatic carbocycles. The Kier molecular flexibility index (Phi) is 3.77. The van der Waals surface area contributed by atoms with Crippen LogP contribution < -0.4 is 0 Å². The van der Waals surface area contributed by atoms with E-state index >= 15 is 0 Å². The summed E-state index contributed by atoms with van der Waals surface area (Å²) in [5.74, 6) is 0.903. The first kappa shape index (κ1) is 12.5. The maximum Gasteiger partial charge on any atom is 0.0459 e. The van der Waals surface area contributed by atoms with E-state index in [1.54, 1.807) is 0 Å². The second-order valence-corrected chi connectivity index (χ2v) is 5.55. The van der Waals surface area contributed by atoms with E-state index in [4.69, 9.17) is 5.11 Å². The summed E-state index contributed by atoms with van der Waals surface area (Å²) in [4.78, 5) is 0. The molecule has 0 bridgehead atoms. The van der Waals surface area contributed by atoms with E-state index in [1.807, 2.05) is 0 Å². The van der Waals surface area contributed by atoms with Crippen molar-refractivity contribution in [2.45, 2.75) is 40.5 Å². The number of allylic oxidation sites excluding steroid dienone is 3. The molecule has 0 aliphatic heterocycles. The monoisotopic (exact) mass is 208 g/mol. The molecule has 0 fully saturated rings. The predicted molar refractivity (Wildman–Crippen MR) is 65.7 cm³/mol. The molecule has 0 saturated heterocycles. The molecule has 1 heteroatoms. The van der Waals surface area contributed by atoms with Gasteiger partial charge in [0.15, 0.2) is 0 Å². The van der Waals surface area contributed by atoms with Crippen LogP contribution in [0.2, 0.25) is 0 Å². The SMILES string of the molecule is C=C(CC(C)CO)[C@H]1CC=C(C)C1(C)C. The molecule has 0 spiro atoms. The maximum atomic E-state index is 9.05. The Bertz CT molecular complexity index is 273. The third-order valence-corrected chi connectivity index (χ3v) is 3.96. The Hall–Kier alpha value is -0.560. The van der Waals surface area contributed by atoms with Gasteiger partial charge in [-0.2, -0.15) is 0 Å². The molecule has 86 valence electrons. The molecular weight excluding hydrogens is 184 g/mol. The smallest absolute Gasteiger partial charge is 0.0459 e. The fourth-order valence-electron chi connectivity index (χ4n) is 2.46. The van der Waals surface area contributed by atoms with Crippen molar-refractivity contribution >= 4 is 0 Å². The van der Waals surface area contributed by atoms with E-state index in [-0.39, 0.29) is 12.0 Å². The van der Waals surface area contributed by atoms with Crippen LogP contribution in [0.5, 0.6) is 0 Å². The molecule has 0 aromatic rings. The van der Waals surface area contributed by atoms with E-state index in [0.717, 1.165) is 12.8 Å². The average Bonchev–Trinajstić information content (AvgIpc) is 2.41. The lowest BCUT2D eigenvalue weighted by atomic mass is 9.73. The van der Waals surface area contributed by atoms with Crippen LogP contribution in [-0.2, 0) is 0 Å². The van der Waals surface area contributed by atoms with E-state index in [2.05, 4.69) is 40.3 Å². The van der Waals surface area contributed by atoms with Crippen LogP contribution in [0.25, 0.3) is 0 Å². The highest BCUT2D eigenvalue weighted by atomic mass is 16.3. The summed E-state index contributed by atoms with van der Waals surface area (Å²) in [6.07, 6.45) is 4.40. The predicted octanol–water partition coefficient (Wildman–Crippen LogP) is 3.55. The van der Waals surface area contributed by atoms with Crippen molar-refractivity contribution in [1.82, 2.24) is 0 Å². The topological polar surface area (TPSA) is 20.2 Å². The summed E-state index contributed by atoms with van der Waals surface area (Å²) in [5.41, 5.74) is 3.03. The van der Waals surface area contributed by atoms with Crippen molar-refractivity contribution in [3.8, 4) is 0 Å². The van der Waals surface area contributed by atoms with E-state index in [9.17, 15) is 0 Å². The highest BCUT2D eigenvalue weighted by molar-refractivity contribution is 5.25. The van der Waals surface area contributed by atoms with Crippen LogP contribution in [0.4, 0.5) is 0 Å². The van der Waals surface area contributed by atoms with Crippen molar-refractivity contribution in [3.05, 3.63) is 23.8 Å². The zero-order chi connectivity index (χ0) is 11.6. The van der Waals surface area contributed by atoms with E-state index in [1.165, 1.54) is 11.1 Å². The first-order valence-electron chi connectivity index (χ1n) is 5.85. The minimum atomic E-state index is 0.256. The molecule has 1 rings (SSSR count). The summed E-state index contributed by atoms with van der Waals surface area (Å²) in [7, 11) is 0. The average molecular weight is 208 g/mol. The summed E-state index contributed by atoms with van der Waals surface area (Å²) in [6, 6.07) is 0.